The first-order chi connectivity index (χ1) is 14.4. The minimum absolute atomic E-state index is 0.195. The minimum atomic E-state index is -0.210. The average Bonchev–Trinajstić information content (AvgIpc) is 3.39. The SMILES string of the molecule is CC(C)CC[C@]1(C(=O)NC(C)C)C[C@H]2CC[C@@H]1N2CCCc1cnc2ncnn2c1. The van der Waals surface area contributed by atoms with Crippen LogP contribution < -0.4 is 5.32 Å². The third-order valence-corrected chi connectivity index (χ3v) is 6.99. The van der Waals surface area contributed by atoms with Crippen LogP contribution in [0.3, 0.4) is 0 Å². The van der Waals surface area contributed by atoms with Gasteiger partial charge in [-0.2, -0.15) is 10.1 Å². The van der Waals surface area contributed by atoms with E-state index in [0.29, 0.717) is 23.8 Å². The Kier molecular flexibility index (Phi) is 6.09. The van der Waals surface area contributed by atoms with Crippen LogP contribution in [0.5, 0.6) is 0 Å². The van der Waals surface area contributed by atoms with Crippen LogP contribution in [0.15, 0.2) is 18.7 Å². The van der Waals surface area contributed by atoms with Crippen molar-refractivity contribution in [2.45, 2.75) is 90.8 Å². The van der Waals surface area contributed by atoms with E-state index >= 15 is 0 Å². The third kappa shape index (κ3) is 4.09. The van der Waals surface area contributed by atoms with Gasteiger partial charge in [0.1, 0.15) is 6.33 Å². The van der Waals surface area contributed by atoms with Crippen LogP contribution in [-0.2, 0) is 11.2 Å². The molecule has 0 saturated carbocycles. The van der Waals surface area contributed by atoms with Gasteiger partial charge in [0.2, 0.25) is 5.91 Å². The van der Waals surface area contributed by atoms with Crippen molar-refractivity contribution in [3.63, 3.8) is 0 Å². The molecule has 4 heterocycles. The van der Waals surface area contributed by atoms with E-state index in [2.05, 4.69) is 53.0 Å². The van der Waals surface area contributed by atoms with Gasteiger partial charge in [0.15, 0.2) is 0 Å². The zero-order chi connectivity index (χ0) is 21.3. The van der Waals surface area contributed by atoms with Crippen LogP contribution >= 0.6 is 0 Å². The highest BCUT2D eigenvalue weighted by molar-refractivity contribution is 5.84. The zero-order valence-corrected chi connectivity index (χ0v) is 18.8. The number of hydrogen-bond acceptors (Lipinski definition) is 5. The van der Waals surface area contributed by atoms with Gasteiger partial charge >= 0.3 is 0 Å². The molecule has 0 spiro atoms. The Hall–Kier alpha value is -2.02. The van der Waals surface area contributed by atoms with E-state index in [1.54, 1.807) is 4.52 Å². The average molecular weight is 413 g/mol. The van der Waals surface area contributed by atoms with Gasteiger partial charge in [0.25, 0.3) is 5.78 Å². The molecule has 0 aliphatic carbocycles. The van der Waals surface area contributed by atoms with Gasteiger partial charge in [-0.25, -0.2) is 9.50 Å². The number of carbonyl (C=O) groups is 1. The molecule has 2 aliphatic heterocycles. The first kappa shape index (κ1) is 21.2. The van der Waals surface area contributed by atoms with E-state index in [1.807, 2.05) is 12.4 Å². The molecule has 30 heavy (non-hydrogen) atoms. The Morgan fingerprint density at radius 2 is 2.10 bits per heavy atom. The molecule has 2 bridgehead atoms. The summed E-state index contributed by atoms with van der Waals surface area (Å²) in [6.07, 6.45) is 13.0. The zero-order valence-electron chi connectivity index (χ0n) is 18.8. The maximum atomic E-state index is 13.4. The summed E-state index contributed by atoms with van der Waals surface area (Å²) in [4.78, 5) is 24.5. The molecule has 0 radical (unpaired) electrons. The van der Waals surface area contributed by atoms with E-state index < -0.39 is 0 Å². The molecule has 0 unspecified atom stereocenters. The van der Waals surface area contributed by atoms with Gasteiger partial charge in [-0.15, -0.1) is 0 Å². The van der Waals surface area contributed by atoms with E-state index in [-0.39, 0.29) is 17.4 Å². The van der Waals surface area contributed by atoms with Gasteiger partial charge in [-0.05, 0) is 76.8 Å². The Labute approximate surface area is 179 Å². The lowest BCUT2D eigenvalue weighted by Crippen LogP contribution is -2.51. The van der Waals surface area contributed by atoms with Crippen LogP contribution in [0, 0.1) is 11.3 Å². The molecule has 7 heteroatoms. The molecule has 164 valence electrons. The number of nitrogens with one attached hydrogen (secondary N) is 1. The van der Waals surface area contributed by atoms with Crippen molar-refractivity contribution < 1.29 is 4.79 Å². The summed E-state index contributed by atoms with van der Waals surface area (Å²) in [5.41, 5.74) is 0.974. The molecule has 2 aromatic heterocycles. The number of nitrogens with zero attached hydrogens (tertiary/aromatic N) is 5. The maximum absolute atomic E-state index is 13.4. The second-order valence-electron chi connectivity index (χ2n) is 9.98. The Bertz CT molecular complexity index is 877. The fraction of sp³-hybridized carbons (Fsp3) is 0.739. The van der Waals surface area contributed by atoms with Gasteiger partial charge in [-0.3, -0.25) is 9.69 Å². The monoisotopic (exact) mass is 412 g/mol. The second-order valence-corrected chi connectivity index (χ2v) is 9.98. The summed E-state index contributed by atoms with van der Waals surface area (Å²) in [7, 11) is 0. The van der Waals surface area contributed by atoms with Crippen molar-refractivity contribution in [3.8, 4) is 0 Å². The van der Waals surface area contributed by atoms with Gasteiger partial charge in [0, 0.05) is 30.5 Å². The number of carbonyl (C=O) groups excluding carboxylic acids is 1. The van der Waals surface area contributed by atoms with Crippen molar-refractivity contribution in [1.82, 2.24) is 29.8 Å². The van der Waals surface area contributed by atoms with Gasteiger partial charge < -0.3 is 5.32 Å². The molecule has 1 N–H and O–H groups in total. The first-order valence-corrected chi connectivity index (χ1v) is 11.6. The lowest BCUT2D eigenvalue weighted by Gasteiger charge is -2.37. The van der Waals surface area contributed by atoms with E-state index in [9.17, 15) is 4.79 Å². The molecule has 7 nitrogen and oxygen atoms in total. The number of aryl methyl sites for hydroxylation is 1. The Morgan fingerprint density at radius 1 is 1.27 bits per heavy atom. The predicted octanol–water partition coefficient (Wildman–Crippen LogP) is 3.24. The summed E-state index contributed by atoms with van der Waals surface area (Å²) in [5, 5.41) is 7.45. The second kappa shape index (κ2) is 8.61. The van der Waals surface area contributed by atoms with Crippen LogP contribution in [-0.4, -0.2) is 55.1 Å². The molecular weight excluding hydrogens is 376 g/mol. The molecular formula is C23H36N6O. The highest BCUT2D eigenvalue weighted by atomic mass is 16.2. The highest BCUT2D eigenvalue weighted by Crippen LogP contribution is 2.53. The molecule has 0 aromatic carbocycles. The number of rotatable bonds is 9. The van der Waals surface area contributed by atoms with Gasteiger partial charge in [-0.1, -0.05) is 13.8 Å². The van der Waals surface area contributed by atoms with E-state index in [4.69, 9.17) is 0 Å². The third-order valence-electron chi connectivity index (χ3n) is 6.99. The van der Waals surface area contributed by atoms with Crippen LogP contribution in [0.4, 0.5) is 0 Å². The summed E-state index contributed by atoms with van der Waals surface area (Å²) in [5.74, 6) is 1.55. The summed E-state index contributed by atoms with van der Waals surface area (Å²) < 4.78 is 1.74. The molecule has 3 atom stereocenters. The minimum Gasteiger partial charge on any atom is -0.353 e. The molecule has 2 aliphatic rings. The van der Waals surface area contributed by atoms with Crippen molar-refractivity contribution in [1.29, 1.82) is 0 Å². The summed E-state index contributed by atoms with van der Waals surface area (Å²) >= 11 is 0. The standard InChI is InChI=1S/C23H36N6O/c1-16(2)9-10-23(21(30)27-17(3)4)12-19-7-8-20(23)28(19)11-5-6-18-13-24-22-25-15-26-29(22)14-18/h13-17,19-20H,5-12H2,1-4H3,(H,27,30)/t19-,20+,23+/m1/s1. The fourth-order valence-corrected chi connectivity index (χ4v) is 5.58. The van der Waals surface area contributed by atoms with Crippen molar-refractivity contribution in [2.24, 2.45) is 11.3 Å². The van der Waals surface area contributed by atoms with Crippen LogP contribution in [0.25, 0.3) is 5.78 Å². The predicted molar refractivity (Wildman–Crippen MR) is 117 cm³/mol. The van der Waals surface area contributed by atoms with Crippen molar-refractivity contribution in [2.75, 3.05) is 6.54 Å². The Balaban J connectivity index is 1.42. The first-order valence-electron chi connectivity index (χ1n) is 11.6. The lowest BCUT2D eigenvalue weighted by atomic mass is 9.69. The highest BCUT2D eigenvalue weighted by Gasteiger charge is 2.58. The van der Waals surface area contributed by atoms with Crippen LogP contribution in [0.1, 0.15) is 71.8 Å². The largest absolute Gasteiger partial charge is 0.353 e. The summed E-state index contributed by atoms with van der Waals surface area (Å²) in [6, 6.07) is 1.13. The fourth-order valence-electron chi connectivity index (χ4n) is 5.58. The molecule has 2 fully saturated rings. The van der Waals surface area contributed by atoms with Crippen molar-refractivity contribution in [3.05, 3.63) is 24.3 Å². The lowest BCUT2D eigenvalue weighted by molar-refractivity contribution is -0.134. The number of hydrogen-bond donors (Lipinski definition) is 1. The Morgan fingerprint density at radius 3 is 2.87 bits per heavy atom. The van der Waals surface area contributed by atoms with Crippen LogP contribution in [0.2, 0.25) is 0 Å². The molecule has 2 saturated heterocycles. The molecule has 4 rings (SSSR count). The van der Waals surface area contributed by atoms with Gasteiger partial charge in [0.05, 0.1) is 5.41 Å². The number of fused-ring (bicyclic) bond motifs is 3. The van der Waals surface area contributed by atoms with Crippen molar-refractivity contribution >= 4 is 11.7 Å². The quantitative estimate of drug-likeness (QED) is 0.684. The van der Waals surface area contributed by atoms with E-state index in [1.165, 1.54) is 18.3 Å². The molecule has 1 amide bonds. The maximum Gasteiger partial charge on any atom is 0.252 e. The topological polar surface area (TPSA) is 75.4 Å². The van der Waals surface area contributed by atoms with E-state index in [0.717, 1.165) is 45.1 Å². The number of amides is 1. The molecule has 2 aromatic rings. The summed E-state index contributed by atoms with van der Waals surface area (Å²) in [6.45, 7) is 9.71. The number of aromatic nitrogens is 4. The normalized spacial score (nSPS) is 26.3. The smallest absolute Gasteiger partial charge is 0.252 e.